The van der Waals surface area contributed by atoms with Crippen molar-refractivity contribution in [2.45, 2.75) is 0 Å². The third-order valence-corrected chi connectivity index (χ3v) is 3.62. The molecule has 6 heteroatoms. The summed E-state index contributed by atoms with van der Waals surface area (Å²) in [4.78, 5) is 12.8. The lowest BCUT2D eigenvalue weighted by Crippen LogP contribution is -1.97. The van der Waals surface area contributed by atoms with Gasteiger partial charge in [-0.1, -0.05) is 0 Å². The van der Waals surface area contributed by atoms with Crippen molar-refractivity contribution in [2.24, 2.45) is 7.05 Å². The van der Waals surface area contributed by atoms with E-state index in [1.807, 2.05) is 7.05 Å². The van der Waals surface area contributed by atoms with Crippen LogP contribution in [-0.4, -0.2) is 22.9 Å². The van der Waals surface area contributed by atoms with E-state index in [4.69, 9.17) is 0 Å². The molecular weight excluding hydrogens is 268 g/mol. The predicted molar refractivity (Wildman–Crippen MR) is 57.6 cm³/mol. The molecule has 0 bridgehead atoms. The summed E-state index contributed by atoms with van der Waals surface area (Å²) < 4.78 is 7.13. The number of nitrogens with zero attached hydrogens (tertiary/aromatic N) is 2. The number of fused-ring (bicyclic) bond motifs is 1. The predicted octanol–water partition coefficient (Wildman–Crippen LogP) is 2.18. The van der Waals surface area contributed by atoms with E-state index in [9.17, 15) is 4.79 Å². The monoisotopic (exact) mass is 274 g/mol. The number of hydrogen-bond acceptors (Lipinski definition) is 4. The van der Waals surface area contributed by atoms with Crippen LogP contribution in [0.3, 0.4) is 0 Å². The molecule has 2 heterocycles. The average Bonchev–Trinajstić information content (AvgIpc) is 2.69. The maximum Gasteiger partial charge on any atom is 0.348 e. The minimum atomic E-state index is -0.307. The smallest absolute Gasteiger partial charge is 0.348 e. The summed E-state index contributed by atoms with van der Waals surface area (Å²) in [5.41, 5.74) is 0. The van der Waals surface area contributed by atoms with Gasteiger partial charge in [-0.15, -0.1) is 11.3 Å². The molecule has 0 N–H and O–H groups in total. The zero-order valence-electron chi connectivity index (χ0n) is 7.57. The Labute approximate surface area is 92.6 Å². The van der Waals surface area contributed by atoms with E-state index in [2.05, 4.69) is 25.8 Å². The zero-order valence-corrected chi connectivity index (χ0v) is 9.98. The largest absolute Gasteiger partial charge is 0.465 e. The van der Waals surface area contributed by atoms with Gasteiger partial charge in [0.15, 0.2) is 0 Å². The third kappa shape index (κ3) is 1.34. The molecule has 0 saturated carbocycles. The van der Waals surface area contributed by atoms with Crippen LogP contribution < -0.4 is 0 Å². The summed E-state index contributed by atoms with van der Waals surface area (Å²) in [7, 11) is 3.21. The van der Waals surface area contributed by atoms with Gasteiger partial charge in [-0.2, -0.15) is 5.10 Å². The minimum absolute atomic E-state index is 0.307. The number of ether oxygens (including phenoxy) is 1. The van der Waals surface area contributed by atoms with E-state index in [-0.39, 0.29) is 5.97 Å². The highest BCUT2D eigenvalue weighted by molar-refractivity contribution is 9.10. The van der Waals surface area contributed by atoms with Crippen molar-refractivity contribution in [1.82, 2.24) is 9.78 Å². The van der Waals surface area contributed by atoms with Crippen LogP contribution in [0.4, 0.5) is 0 Å². The van der Waals surface area contributed by atoms with Crippen LogP contribution in [0.25, 0.3) is 10.2 Å². The first-order valence-electron chi connectivity index (χ1n) is 3.84. The Balaban J connectivity index is 2.63. The molecule has 0 radical (unpaired) electrons. The van der Waals surface area contributed by atoms with E-state index in [1.165, 1.54) is 18.4 Å². The van der Waals surface area contributed by atoms with Gasteiger partial charge in [0.25, 0.3) is 0 Å². The maximum atomic E-state index is 11.2. The second-order valence-corrected chi connectivity index (χ2v) is 4.52. The van der Waals surface area contributed by atoms with Gasteiger partial charge >= 0.3 is 5.97 Å². The molecule has 74 valence electrons. The van der Waals surface area contributed by atoms with Crippen LogP contribution in [0.5, 0.6) is 0 Å². The van der Waals surface area contributed by atoms with Gasteiger partial charge in [0.1, 0.15) is 14.3 Å². The van der Waals surface area contributed by atoms with Crippen molar-refractivity contribution in [1.29, 1.82) is 0 Å². The number of halogens is 1. The molecule has 0 aromatic carbocycles. The lowest BCUT2D eigenvalue weighted by atomic mass is 10.4. The Morgan fingerprint density at radius 1 is 1.71 bits per heavy atom. The molecule has 0 aliphatic carbocycles. The summed E-state index contributed by atoms with van der Waals surface area (Å²) in [6.45, 7) is 0. The topological polar surface area (TPSA) is 44.1 Å². The summed E-state index contributed by atoms with van der Waals surface area (Å²) >= 11 is 4.70. The Kier molecular flexibility index (Phi) is 2.32. The number of hydrogen-bond donors (Lipinski definition) is 0. The summed E-state index contributed by atoms with van der Waals surface area (Å²) in [5.74, 6) is -0.307. The molecule has 2 rings (SSSR count). The van der Waals surface area contributed by atoms with E-state index in [0.29, 0.717) is 4.88 Å². The second kappa shape index (κ2) is 3.36. The molecule has 4 nitrogen and oxygen atoms in total. The molecule has 0 fully saturated rings. The first kappa shape index (κ1) is 9.67. The molecule has 0 saturated heterocycles. The normalized spacial score (nSPS) is 10.8. The van der Waals surface area contributed by atoms with E-state index in [0.717, 1.165) is 14.8 Å². The van der Waals surface area contributed by atoms with Gasteiger partial charge in [0.05, 0.1) is 7.11 Å². The minimum Gasteiger partial charge on any atom is -0.465 e. The van der Waals surface area contributed by atoms with Crippen molar-refractivity contribution in [3.05, 3.63) is 15.5 Å². The van der Waals surface area contributed by atoms with Crippen molar-refractivity contribution in [3.8, 4) is 0 Å². The van der Waals surface area contributed by atoms with Crippen molar-refractivity contribution in [3.63, 3.8) is 0 Å². The van der Waals surface area contributed by atoms with E-state index in [1.54, 1.807) is 10.7 Å². The molecule has 0 atom stereocenters. The Hall–Kier alpha value is -0.880. The lowest BCUT2D eigenvalue weighted by molar-refractivity contribution is 0.0606. The van der Waals surface area contributed by atoms with E-state index >= 15 is 0 Å². The number of methoxy groups -OCH3 is 1. The van der Waals surface area contributed by atoms with Crippen LogP contribution in [0, 0.1) is 0 Å². The molecule has 14 heavy (non-hydrogen) atoms. The van der Waals surface area contributed by atoms with Crippen molar-refractivity contribution < 1.29 is 9.53 Å². The third-order valence-electron chi connectivity index (χ3n) is 1.85. The summed E-state index contributed by atoms with van der Waals surface area (Å²) in [6.07, 6.45) is 0. The van der Waals surface area contributed by atoms with Crippen LogP contribution in [0.1, 0.15) is 9.67 Å². The molecule has 2 aromatic rings. The van der Waals surface area contributed by atoms with Gasteiger partial charge in [-0.05, 0) is 22.0 Å². The SMILES string of the molecule is COC(=O)c1cc2c(Br)nn(C)c2s1. The van der Waals surface area contributed by atoms with Crippen LogP contribution in [0.15, 0.2) is 10.7 Å². The average molecular weight is 275 g/mol. The molecule has 0 amide bonds. The fraction of sp³-hybridized carbons (Fsp3) is 0.250. The number of carbonyl (C=O) groups is 1. The molecule has 0 spiro atoms. The Morgan fingerprint density at radius 3 is 3.00 bits per heavy atom. The Morgan fingerprint density at radius 2 is 2.43 bits per heavy atom. The van der Waals surface area contributed by atoms with Gasteiger partial charge in [0.2, 0.25) is 0 Å². The summed E-state index contributed by atoms with van der Waals surface area (Å²) in [6, 6.07) is 1.78. The molecule has 2 aromatic heterocycles. The highest BCUT2D eigenvalue weighted by atomic mass is 79.9. The Bertz CT molecular complexity index is 468. The highest BCUT2D eigenvalue weighted by Crippen LogP contribution is 2.30. The van der Waals surface area contributed by atoms with Crippen LogP contribution >= 0.6 is 27.3 Å². The zero-order chi connectivity index (χ0) is 10.3. The number of thiophene rings is 1. The van der Waals surface area contributed by atoms with E-state index < -0.39 is 0 Å². The standard InChI is InChI=1S/C8H7BrN2O2S/c1-11-7-4(6(9)10-11)3-5(14-7)8(12)13-2/h3H,1-2H3. The molecule has 0 aliphatic rings. The van der Waals surface area contributed by atoms with Crippen molar-refractivity contribution >= 4 is 43.5 Å². The van der Waals surface area contributed by atoms with Crippen LogP contribution in [0.2, 0.25) is 0 Å². The van der Waals surface area contributed by atoms with Crippen LogP contribution in [-0.2, 0) is 11.8 Å². The highest BCUT2D eigenvalue weighted by Gasteiger charge is 2.15. The van der Waals surface area contributed by atoms with Gasteiger partial charge < -0.3 is 4.74 Å². The molecule has 0 unspecified atom stereocenters. The number of aromatic nitrogens is 2. The first-order valence-corrected chi connectivity index (χ1v) is 5.44. The van der Waals surface area contributed by atoms with Gasteiger partial charge in [0, 0.05) is 12.4 Å². The van der Waals surface area contributed by atoms with Crippen molar-refractivity contribution in [2.75, 3.05) is 7.11 Å². The first-order chi connectivity index (χ1) is 6.63. The fourth-order valence-electron chi connectivity index (χ4n) is 1.20. The number of aryl methyl sites for hydroxylation is 1. The molecular formula is C8H7BrN2O2S. The number of carbonyl (C=O) groups excluding carboxylic acids is 1. The number of rotatable bonds is 1. The molecule has 0 aliphatic heterocycles. The second-order valence-electron chi connectivity index (χ2n) is 2.74. The van der Waals surface area contributed by atoms with Gasteiger partial charge in [-0.3, -0.25) is 4.68 Å². The maximum absolute atomic E-state index is 11.2. The lowest BCUT2D eigenvalue weighted by Gasteiger charge is -1.92. The summed E-state index contributed by atoms with van der Waals surface area (Å²) in [5, 5.41) is 5.11. The number of esters is 1. The quantitative estimate of drug-likeness (QED) is 0.749. The van der Waals surface area contributed by atoms with Gasteiger partial charge in [-0.25, -0.2) is 4.79 Å². The fourth-order valence-corrected chi connectivity index (χ4v) is 2.86.